The number of carbonyl (C=O) groups is 1. The first-order valence-electron chi connectivity index (χ1n) is 6.83. The fourth-order valence-corrected chi connectivity index (χ4v) is 2.34. The molecule has 0 spiro atoms. The highest BCUT2D eigenvalue weighted by atomic mass is 35.5. The first kappa shape index (κ1) is 16.3. The monoisotopic (exact) mass is 323 g/mol. The van der Waals surface area contributed by atoms with Crippen molar-refractivity contribution in [2.24, 2.45) is 0 Å². The van der Waals surface area contributed by atoms with Gasteiger partial charge in [0.05, 0.1) is 19.3 Å². The van der Waals surface area contributed by atoms with E-state index in [0.717, 1.165) is 29.9 Å². The van der Waals surface area contributed by atoms with Crippen LogP contribution in [0.25, 0.3) is 0 Å². The molecule has 2 aromatic heterocycles. The van der Waals surface area contributed by atoms with Gasteiger partial charge in [0.25, 0.3) is 5.91 Å². The Morgan fingerprint density at radius 2 is 2.32 bits per heavy atom. The summed E-state index contributed by atoms with van der Waals surface area (Å²) in [6, 6.07) is 5.44. The second kappa shape index (κ2) is 7.24. The molecule has 118 valence electrons. The van der Waals surface area contributed by atoms with Crippen molar-refractivity contribution in [1.29, 1.82) is 0 Å². The molecule has 1 amide bonds. The van der Waals surface area contributed by atoms with Crippen LogP contribution in [0, 0.1) is 0 Å². The van der Waals surface area contributed by atoms with E-state index >= 15 is 0 Å². The largest absolute Gasteiger partial charge is 0.481 e. The van der Waals surface area contributed by atoms with Gasteiger partial charge < -0.3 is 15.4 Å². The molecule has 0 unspecified atom stereocenters. The van der Waals surface area contributed by atoms with Crippen LogP contribution in [0.2, 0.25) is 0 Å². The highest BCUT2D eigenvalue weighted by Gasteiger charge is 2.21. The average Bonchev–Trinajstić information content (AvgIpc) is 2.97. The Morgan fingerprint density at radius 1 is 1.45 bits per heavy atom. The minimum atomic E-state index is -0.194. The molecular weight excluding hydrogens is 306 g/mol. The number of halogens is 1. The van der Waals surface area contributed by atoms with Crippen LogP contribution in [-0.4, -0.2) is 34.7 Å². The first-order chi connectivity index (χ1) is 10.3. The number of nitrogens with one attached hydrogen (secondary N) is 3. The van der Waals surface area contributed by atoms with Crippen molar-refractivity contribution >= 4 is 18.3 Å². The van der Waals surface area contributed by atoms with Crippen LogP contribution in [0.3, 0.4) is 0 Å². The molecule has 2 aromatic rings. The molecule has 1 aliphatic heterocycles. The summed E-state index contributed by atoms with van der Waals surface area (Å²) in [6.07, 6.45) is 0.868. The number of rotatable bonds is 4. The third-order valence-electron chi connectivity index (χ3n) is 3.44. The fraction of sp³-hybridized carbons (Fsp3) is 0.357. The van der Waals surface area contributed by atoms with Gasteiger partial charge in [-0.15, -0.1) is 12.4 Å². The number of ether oxygens (including phenoxy) is 1. The van der Waals surface area contributed by atoms with Crippen LogP contribution in [-0.2, 0) is 19.5 Å². The molecule has 0 saturated heterocycles. The van der Waals surface area contributed by atoms with Crippen LogP contribution in [0.4, 0.5) is 0 Å². The molecule has 8 heteroatoms. The first-order valence-corrected chi connectivity index (χ1v) is 6.83. The molecule has 0 saturated carbocycles. The number of aromatic amines is 1. The number of amides is 1. The summed E-state index contributed by atoms with van der Waals surface area (Å²) in [6.45, 7) is 1.92. The van der Waals surface area contributed by atoms with Crippen molar-refractivity contribution in [1.82, 2.24) is 25.8 Å². The Morgan fingerprint density at radius 3 is 3.14 bits per heavy atom. The van der Waals surface area contributed by atoms with E-state index in [1.807, 2.05) is 12.1 Å². The van der Waals surface area contributed by atoms with Gasteiger partial charge in [-0.25, -0.2) is 4.98 Å². The molecule has 0 bridgehead atoms. The number of fused-ring (bicyclic) bond motifs is 1. The maximum Gasteiger partial charge on any atom is 0.272 e. The Balaban J connectivity index is 0.00000176. The third kappa shape index (κ3) is 3.37. The molecule has 1 aliphatic rings. The molecule has 0 radical (unpaired) electrons. The third-order valence-corrected chi connectivity index (χ3v) is 3.44. The maximum absolute atomic E-state index is 12.2. The molecule has 7 nitrogen and oxygen atoms in total. The number of hydrogen-bond acceptors (Lipinski definition) is 5. The zero-order chi connectivity index (χ0) is 14.7. The molecule has 3 heterocycles. The minimum Gasteiger partial charge on any atom is -0.481 e. The molecule has 0 aromatic carbocycles. The van der Waals surface area contributed by atoms with Gasteiger partial charge in [-0.2, -0.15) is 5.10 Å². The normalized spacial score (nSPS) is 13.0. The van der Waals surface area contributed by atoms with E-state index < -0.39 is 0 Å². The van der Waals surface area contributed by atoms with E-state index in [1.165, 1.54) is 0 Å². The van der Waals surface area contributed by atoms with Gasteiger partial charge in [-0.3, -0.25) is 9.89 Å². The van der Waals surface area contributed by atoms with Crippen molar-refractivity contribution in [3.63, 3.8) is 0 Å². The van der Waals surface area contributed by atoms with Gasteiger partial charge in [0.15, 0.2) is 5.69 Å². The topological polar surface area (TPSA) is 91.9 Å². The number of methoxy groups -OCH3 is 1. The van der Waals surface area contributed by atoms with Crippen molar-refractivity contribution < 1.29 is 9.53 Å². The lowest BCUT2D eigenvalue weighted by molar-refractivity contribution is 0.0944. The van der Waals surface area contributed by atoms with Gasteiger partial charge in [0.1, 0.15) is 0 Å². The number of aromatic nitrogens is 3. The Bertz CT molecular complexity index is 658. The standard InChI is InChI=1S/C14H17N5O2.ClH/c1-21-12-4-2-3-9(17-12)7-16-14(20)13-10-8-15-6-5-11(10)18-19-13;/h2-4,15H,5-8H2,1H3,(H,16,20)(H,18,19);1H. The number of nitrogens with zero attached hydrogens (tertiary/aromatic N) is 2. The fourth-order valence-electron chi connectivity index (χ4n) is 2.34. The predicted molar refractivity (Wildman–Crippen MR) is 83.2 cm³/mol. The van der Waals surface area contributed by atoms with Crippen molar-refractivity contribution in [2.45, 2.75) is 19.5 Å². The second-order valence-corrected chi connectivity index (χ2v) is 4.81. The van der Waals surface area contributed by atoms with E-state index in [2.05, 4.69) is 25.8 Å². The van der Waals surface area contributed by atoms with Crippen LogP contribution in [0.1, 0.15) is 27.4 Å². The average molecular weight is 324 g/mol. The molecule has 3 N–H and O–H groups in total. The smallest absolute Gasteiger partial charge is 0.272 e. The van der Waals surface area contributed by atoms with Crippen molar-refractivity contribution in [3.8, 4) is 5.88 Å². The van der Waals surface area contributed by atoms with Gasteiger partial charge in [0, 0.05) is 36.8 Å². The van der Waals surface area contributed by atoms with E-state index in [9.17, 15) is 4.79 Å². The van der Waals surface area contributed by atoms with Gasteiger partial charge >= 0.3 is 0 Å². The number of hydrogen-bond donors (Lipinski definition) is 3. The summed E-state index contributed by atoms with van der Waals surface area (Å²) in [5.41, 5.74) is 3.20. The molecule has 0 fully saturated rings. The lowest BCUT2D eigenvalue weighted by atomic mass is 10.1. The summed E-state index contributed by atoms with van der Waals surface area (Å²) >= 11 is 0. The summed E-state index contributed by atoms with van der Waals surface area (Å²) in [7, 11) is 1.56. The lowest BCUT2D eigenvalue weighted by Crippen LogP contribution is -2.28. The highest BCUT2D eigenvalue weighted by molar-refractivity contribution is 5.93. The Labute approximate surface area is 134 Å². The van der Waals surface area contributed by atoms with E-state index in [4.69, 9.17) is 4.74 Å². The Kier molecular flexibility index (Phi) is 5.35. The summed E-state index contributed by atoms with van der Waals surface area (Å²) in [4.78, 5) is 16.5. The van der Waals surface area contributed by atoms with E-state index in [-0.39, 0.29) is 18.3 Å². The lowest BCUT2D eigenvalue weighted by Gasteiger charge is -2.12. The van der Waals surface area contributed by atoms with Crippen LogP contribution < -0.4 is 15.4 Å². The van der Waals surface area contributed by atoms with Crippen LogP contribution >= 0.6 is 12.4 Å². The summed E-state index contributed by atoms with van der Waals surface area (Å²) < 4.78 is 5.06. The molecule has 3 rings (SSSR count). The molecular formula is C14H18ClN5O2. The zero-order valence-electron chi connectivity index (χ0n) is 12.2. The van der Waals surface area contributed by atoms with E-state index in [1.54, 1.807) is 13.2 Å². The number of H-pyrrole nitrogens is 1. The van der Waals surface area contributed by atoms with Gasteiger partial charge in [0.2, 0.25) is 5.88 Å². The highest BCUT2D eigenvalue weighted by Crippen LogP contribution is 2.15. The predicted octanol–water partition coefficient (Wildman–Crippen LogP) is 0.811. The SMILES string of the molecule is COc1cccc(CNC(=O)c2n[nH]c3c2CNCC3)n1.Cl. The van der Waals surface area contributed by atoms with Crippen molar-refractivity contribution in [3.05, 3.63) is 40.8 Å². The maximum atomic E-state index is 12.2. The van der Waals surface area contributed by atoms with E-state index in [0.29, 0.717) is 24.7 Å². The summed E-state index contributed by atoms with van der Waals surface area (Å²) in [5.74, 6) is 0.337. The van der Waals surface area contributed by atoms with Crippen LogP contribution in [0.15, 0.2) is 18.2 Å². The second-order valence-electron chi connectivity index (χ2n) is 4.81. The van der Waals surface area contributed by atoms with Gasteiger partial charge in [-0.1, -0.05) is 6.07 Å². The number of carbonyl (C=O) groups excluding carboxylic acids is 1. The van der Waals surface area contributed by atoms with Crippen molar-refractivity contribution in [2.75, 3.05) is 13.7 Å². The molecule has 0 atom stereocenters. The molecule has 22 heavy (non-hydrogen) atoms. The van der Waals surface area contributed by atoms with Crippen LogP contribution in [0.5, 0.6) is 5.88 Å². The summed E-state index contributed by atoms with van der Waals surface area (Å²) in [5, 5.41) is 13.1. The number of pyridine rings is 1. The zero-order valence-corrected chi connectivity index (χ0v) is 13.0. The molecule has 0 aliphatic carbocycles. The minimum absolute atomic E-state index is 0. The van der Waals surface area contributed by atoms with Gasteiger partial charge in [-0.05, 0) is 6.07 Å². The Hall–Kier alpha value is -2.12. The quantitative estimate of drug-likeness (QED) is 0.774.